The molecule has 0 aromatic carbocycles. The summed E-state index contributed by atoms with van der Waals surface area (Å²) < 4.78 is 10.1. The lowest BCUT2D eigenvalue weighted by atomic mass is 10.0. The lowest BCUT2D eigenvalue weighted by Crippen LogP contribution is -2.47. The Morgan fingerprint density at radius 1 is 1.46 bits per heavy atom. The summed E-state index contributed by atoms with van der Waals surface area (Å²) in [5.41, 5.74) is 0. The SMILES string of the molecule is COC(=O)N[C@H]1CC[C@H](C)O[C@@H]1C. The second-order valence-electron chi connectivity index (χ2n) is 3.47. The van der Waals surface area contributed by atoms with Crippen LogP contribution in [0.3, 0.4) is 0 Å². The van der Waals surface area contributed by atoms with Gasteiger partial charge < -0.3 is 14.8 Å². The van der Waals surface area contributed by atoms with Crippen LogP contribution < -0.4 is 5.32 Å². The van der Waals surface area contributed by atoms with Gasteiger partial charge in [-0.3, -0.25) is 0 Å². The third-order valence-electron chi connectivity index (χ3n) is 2.39. The minimum Gasteiger partial charge on any atom is -0.453 e. The summed E-state index contributed by atoms with van der Waals surface area (Å²) in [6, 6.07) is 0.0867. The normalized spacial score (nSPS) is 33.9. The van der Waals surface area contributed by atoms with Crippen LogP contribution >= 0.6 is 0 Å². The van der Waals surface area contributed by atoms with Crippen LogP contribution in [0.2, 0.25) is 0 Å². The number of carbonyl (C=O) groups excluding carboxylic acids is 1. The summed E-state index contributed by atoms with van der Waals surface area (Å²) >= 11 is 0. The molecule has 1 saturated heterocycles. The zero-order valence-corrected chi connectivity index (χ0v) is 8.37. The van der Waals surface area contributed by atoms with Gasteiger partial charge in [0.1, 0.15) is 0 Å². The third kappa shape index (κ3) is 2.88. The van der Waals surface area contributed by atoms with Crippen LogP contribution in [-0.4, -0.2) is 31.5 Å². The first kappa shape index (κ1) is 10.3. The van der Waals surface area contributed by atoms with E-state index in [1.165, 1.54) is 7.11 Å². The van der Waals surface area contributed by atoms with E-state index in [2.05, 4.69) is 10.1 Å². The number of alkyl carbamates (subject to hydrolysis) is 1. The van der Waals surface area contributed by atoms with E-state index in [-0.39, 0.29) is 18.2 Å². The maximum atomic E-state index is 10.9. The number of hydrogen-bond acceptors (Lipinski definition) is 3. The number of ether oxygens (including phenoxy) is 2. The number of carbonyl (C=O) groups is 1. The first-order valence-corrected chi connectivity index (χ1v) is 4.63. The van der Waals surface area contributed by atoms with Gasteiger partial charge in [-0.1, -0.05) is 0 Å². The summed E-state index contributed by atoms with van der Waals surface area (Å²) in [7, 11) is 1.37. The highest BCUT2D eigenvalue weighted by Crippen LogP contribution is 2.18. The van der Waals surface area contributed by atoms with Crippen molar-refractivity contribution in [2.45, 2.75) is 44.9 Å². The lowest BCUT2D eigenvalue weighted by molar-refractivity contribution is -0.0483. The van der Waals surface area contributed by atoms with Gasteiger partial charge in [-0.05, 0) is 26.7 Å². The van der Waals surface area contributed by atoms with Crippen LogP contribution in [0, 0.1) is 0 Å². The van der Waals surface area contributed by atoms with Crippen molar-refractivity contribution in [3.8, 4) is 0 Å². The summed E-state index contributed by atoms with van der Waals surface area (Å²) in [4.78, 5) is 10.9. The molecule has 0 saturated carbocycles. The largest absolute Gasteiger partial charge is 0.453 e. The van der Waals surface area contributed by atoms with Gasteiger partial charge in [0.2, 0.25) is 0 Å². The highest BCUT2D eigenvalue weighted by Gasteiger charge is 2.27. The smallest absolute Gasteiger partial charge is 0.407 e. The standard InChI is InChI=1S/C9H17NO3/c1-6-4-5-8(7(2)13-6)10-9(11)12-3/h6-8H,4-5H2,1-3H3,(H,10,11)/t6-,7+,8-/m0/s1. The van der Waals surface area contributed by atoms with Crippen molar-refractivity contribution in [2.75, 3.05) is 7.11 Å². The molecule has 0 aromatic heterocycles. The molecule has 1 N–H and O–H groups in total. The fourth-order valence-electron chi connectivity index (χ4n) is 1.58. The Balaban J connectivity index is 2.38. The summed E-state index contributed by atoms with van der Waals surface area (Å²) in [6.45, 7) is 4.02. The molecule has 1 heterocycles. The average Bonchev–Trinajstić information content (AvgIpc) is 2.09. The van der Waals surface area contributed by atoms with E-state index < -0.39 is 0 Å². The molecule has 0 aliphatic carbocycles. The zero-order chi connectivity index (χ0) is 9.84. The zero-order valence-electron chi connectivity index (χ0n) is 8.37. The molecule has 13 heavy (non-hydrogen) atoms. The number of nitrogens with one attached hydrogen (secondary N) is 1. The monoisotopic (exact) mass is 187 g/mol. The van der Waals surface area contributed by atoms with Gasteiger partial charge in [-0.15, -0.1) is 0 Å². The van der Waals surface area contributed by atoms with Gasteiger partial charge in [-0.25, -0.2) is 4.79 Å². The molecular formula is C9H17NO3. The topological polar surface area (TPSA) is 47.6 Å². The molecule has 4 nitrogen and oxygen atoms in total. The average molecular weight is 187 g/mol. The van der Waals surface area contributed by atoms with Crippen molar-refractivity contribution >= 4 is 6.09 Å². The van der Waals surface area contributed by atoms with Crippen molar-refractivity contribution < 1.29 is 14.3 Å². The molecule has 1 rings (SSSR count). The van der Waals surface area contributed by atoms with Gasteiger partial charge >= 0.3 is 6.09 Å². The van der Waals surface area contributed by atoms with Crippen LogP contribution in [0.4, 0.5) is 4.79 Å². The molecule has 1 fully saturated rings. The molecule has 4 heteroatoms. The van der Waals surface area contributed by atoms with E-state index in [0.717, 1.165) is 12.8 Å². The summed E-state index contributed by atoms with van der Waals surface area (Å²) in [5.74, 6) is 0. The van der Waals surface area contributed by atoms with E-state index in [9.17, 15) is 4.79 Å². The van der Waals surface area contributed by atoms with E-state index in [1.807, 2.05) is 13.8 Å². The van der Waals surface area contributed by atoms with Gasteiger partial charge in [0.05, 0.1) is 25.4 Å². The van der Waals surface area contributed by atoms with Crippen LogP contribution in [0.25, 0.3) is 0 Å². The molecule has 0 bridgehead atoms. The molecule has 1 amide bonds. The molecule has 0 unspecified atom stereocenters. The molecule has 1 aliphatic heterocycles. The van der Waals surface area contributed by atoms with E-state index >= 15 is 0 Å². The summed E-state index contributed by atoms with van der Waals surface area (Å²) in [6.07, 6.45) is 1.93. The quantitative estimate of drug-likeness (QED) is 0.673. The second-order valence-corrected chi connectivity index (χ2v) is 3.47. The molecule has 0 radical (unpaired) electrons. The van der Waals surface area contributed by atoms with Crippen LogP contribution in [0.1, 0.15) is 26.7 Å². The Morgan fingerprint density at radius 3 is 2.69 bits per heavy atom. The fourth-order valence-corrected chi connectivity index (χ4v) is 1.58. The van der Waals surface area contributed by atoms with E-state index in [4.69, 9.17) is 4.74 Å². The predicted octanol–water partition coefficient (Wildman–Crippen LogP) is 1.30. The first-order chi connectivity index (χ1) is 6.13. The predicted molar refractivity (Wildman–Crippen MR) is 48.6 cm³/mol. The van der Waals surface area contributed by atoms with Gasteiger partial charge in [0.25, 0.3) is 0 Å². The second kappa shape index (κ2) is 4.46. The Labute approximate surface area is 78.6 Å². The molecule has 0 aromatic rings. The van der Waals surface area contributed by atoms with Crippen LogP contribution in [0.15, 0.2) is 0 Å². The fraction of sp³-hybridized carbons (Fsp3) is 0.889. The maximum absolute atomic E-state index is 10.9. The van der Waals surface area contributed by atoms with Crippen LogP contribution in [-0.2, 0) is 9.47 Å². The highest BCUT2D eigenvalue weighted by molar-refractivity contribution is 5.67. The molecular weight excluding hydrogens is 170 g/mol. The summed E-state index contributed by atoms with van der Waals surface area (Å²) in [5, 5.41) is 2.75. The van der Waals surface area contributed by atoms with Crippen molar-refractivity contribution in [3.05, 3.63) is 0 Å². The van der Waals surface area contributed by atoms with E-state index in [0.29, 0.717) is 6.10 Å². The van der Waals surface area contributed by atoms with Crippen LogP contribution in [0.5, 0.6) is 0 Å². The number of methoxy groups -OCH3 is 1. The Bertz CT molecular complexity index is 184. The van der Waals surface area contributed by atoms with Gasteiger partial charge in [0, 0.05) is 0 Å². The number of amides is 1. The first-order valence-electron chi connectivity index (χ1n) is 4.63. The third-order valence-corrected chi connectivity index (χ3v) is 2.39. The lowest BCUT2D eigenvalue weighted by Gasteiger charge is -2.33. The number of rotatable bonds is 1. The van der Waals surface area contributed by atoms with Crippen molar-refractivity contribution in [3.63, 3.8) is 0 Å². The molecule has 76 valence electrons. The maximum Gasteiger partial charge on any atom is 0.407 e. The highest BCUT2D eigenvalue weighted by atomic mass is 16.5. The minimum absolute atomic E-state index is 0.0721. The Morgan fingerprint density at radius 2 is 2.15 bits per heavy atom. The van der Waals surface area contributed by atoms with Gasteiger partial charge in [0.15, 0.2) is 0 Å². The Kier molecular flexibility index (Phi) is 3.54. The van der Waals surface area contributed by atoms with Gasteiger partial charge in [-0.2, -0.15) is 0 Å². The van der Waals surface area contributed by atoms with E-state index in [1.54, 1.807) is 0 Å². The van der Waals surface area contributed by atoms with Crippen molar-refractivity contribution in [2.24, 2.45) is 0 Å². The van der Waals surface area contributed by atoms with Crippen molar-refractivity contribution in [1.82, 2.24) is 5.32 Å². The molecule has 0 spiro atoms. The number of hydrogen-bond donors (Lipinski definition) is 1. The molecule has 1 aliphatic rings. The van der Waals surface area contributed by atoms with Crippen molar-refractivity contribution in [1.29, 1.82) is 0 Å². The Hall–Kier alpha value is -0.770. The molecule has 3 atom stereocenters. The minimum atomic E-state index is -0.380.